The van der Waals surface area contributed by atoms with Gasteiger partial charge in [-0.15, -0.1) is 0 Å². The van der Waals surface area contributed by atoms with Gasteiger partial charge in [0.25, 0.3) is 0 Å². The van der Waals surface area contributed by atoms with Crippen molar-refractivity contribution in [1.82, 2.24) is 15.5 Å². The molecule has 4 N–H and O–H groups in total. The van der Waals surface area contributed by atoms with Gasteiger partial charge in [0.2, 0.25) is 17.7 Å². The van der Waals surface area contributed by atoms with E-state index in [0.717, 1.165) is 24.0 Å². The Morgan fingerprint density at radius 1 is 1.08 bits per heavy atom. The first-order valence-electron chi connectivity index (χ1n) is 12.7. The SMILES string of the molecule is CCCCCN(C(=O)C(CC(N)=O)NC(=O)OC(C)(C)C)C(C(=O)NCC(=O)OC)c1ccc(C)cc1C. The molecule has 0 saturated carbocycles. The Morgan fingerprint density at radius 3 is 2.26 bits per heavy atom. The quantitative estimate of drug-likeness (QED) is 0.259. The molecular formula is C27H42N4O7. The molecule has 11 heteroatoms. The lowest BCUT2D eigenvalue weighted by Crippen LogP contribution is -2.54. The number of hydrogen-bond donors (Lipinski definition) is 3. The van der Waals surface area contributed by atoms with E-state index in [1.54, 1.807) is 26.8 Å². The highest BCUT2D eigenvalue weighted by Gasteiger charge is 2.37. The van der Waals surface area contributed by atoms with Crippen molar-refractivity contribution in [3.05, 3.63) is 34.9 Å². The van der Waals surface area contributed by atoms with Crippen molar-refractivity contribution in [2.45, 2.75) is 84.9 Å². The van der Waals surface area contributed by atoms with E-state index in [1.165, 1.54) is 12.0 Å². The molecule has 2 unspecified atom stereocenters. The van der Waals surface area contributed by atoms with Gasteiger partial charge in [0.1, 0.15) is 24.2 Å². The molecule has 0 aliphatic rings. The zero-order valence-electron chi connectivity index (χ0n) is 23.5. The normalized spacial score (nSPS) is 12.6. The predicted molar refractivity (Wildman–Crippen MR) is 142 cm³/mol. The van der Waals surface area contributed by atoms with Gasteiger partial charge in [-0.1, -0.05) is 43.5 Å². The molecule has 4 amide bonds. The third-order valence-corrected chi connectivity index (χ3v) is 5.59. The lowest BCUT2D eigenvalue weighted by atomic mass is 9.96. The zero-order chi connectivity index (χ0) is 29.0. The van der Waals surface area contributed by atoms with E-state index >= 15 is 0 Å². The fraction of sp³-hybridized carbons (Fsp3) is 0.593. The Labute approximate surface area is 224 Å². The molecule has 0 saturated heterocycles. The number of aryl methyl sites for hydroxylation is 2. The van der Waals surface area contributed by atoms with Crippen molar-refractivity contribution in [2.24, 2.45) is 5.73 Å². The fourth-order valence-electron chi connectivity index (χ4n) is 3.86. The van der Waals surface area contributed by atoms with Gasteiger partial charge in [0.15, 0.2) is 0 Å². The molecule has 0 aliphatic carbocycles. The van der Waals surface area contributed by atoms with E-state index in [1.807, 2.05) is 32.9 Å². The average Bonchev–Trinajstić information content (AvgIpc) is 2.80. The van der Waals surface area contributed by atoms with Gasteiger partial charge >= 0.3 is 12.1 Å². The number of nitrogens with two attached hydrogens (primary N) is 1. The van der Waals surface area contributed by atoms with Crippen LogP contribution in [0.1, 0.15) is 76.1 Å². The number of alkyl carbamates (subject to hydrolysis) is 1. The summed E-state index contributed by atoms with van der Waals surface area (Å²) in [5.41, 5.74) is 6.81. The van der Waals surface area contributed by atoms with E-state index < -0.39 is 60.4 Å². The molecule has 1 aromatic rings. The molecular weight excluding hydrogens is 492 g/mol. The maximum absolute atomic E-state index is 13.9. The molecule has 0 aromatic heterocycles. The van der Waals surface area contributed by atoms with Gasteiger partial charge in [-0.25, -0.2) is 4.79 Å². The Kier molecular flexibility index (Phi) is 12.7. The second-order valence-corrected chi connectivity index (χ2v) is 10.2. The summed E-state index contributed by atoms with van der Waals surface area (Å²) in [5.74, 6) is -2.75. The number of methoxy groups -OCH3 is 1. The minimum absolute atomic E-state index is 0.154. The van der Waals surface area contributed by atoms with E-state index in [-0.39, 0.29) is 6.54 Å². The summed E-state index contributed by atoms with van der Waals surface area (Å²) in [6, 6.07) is 2.92. The molecule has 2 atom stereocenters. The molecule has 1 aromatic carbocycles. The largest absolute Gasteiger partial charge is 0.468 e. The van der Waals surface area contributed by atoms with Gasteiger partial charge in [-0.2, -0.15) is 0 Å². The standard InChI is InChI=1S/C27H42N4O7/c1-8-9-10-13-31(25(35)20(15-21(28)32)30-26(36)38-27(4,5)6)23(24(34)29-16-22(33)37-7)19-12-11-17(2)14-18(19)3/h11-12,14,20,23H,8-10,13,15-16H2,1-7H3,(H2,28,32)(H,29,34)(H,30,36). The number of amides is 4. The number of carbonyl (C=O) groups excluding carboxylic acids is 5. The number of ether oxygens (including phenoxy) is 2. The summed E-state index contributed by atoms with van der Waals surface area (Å²) in [5, 5.41) is 4.98. The van der Waals surface area contributed by atoms with Crippen LogP contribution in [-0.4, -0.2) is 66.5 Å². The lowest BCUT2D eigenvalue weighted by Gasteiger charge is -2.35. The molecule has 0 radical (unpaired) electrons. The van der Waals surface area contributed by atoms with Crippen LogP contribution in [0.5, 0.6) is 0 Å². The highest BCUT2D eigenvalue weighted by molar-refractivity contribution is 5.95. The topological polar surface area (TPSA) is 157 Å². The smallest absolute Gasteiger partial charge is 0.408 e. The maximum Gasteiger partial charge on any atom is 0.408 e. The van der Waals surface area contributed by atoms with Crippen LogP contribution in [0.3, 0.4) is 0 Å². The molecule has 0 aliphatic heterocycles. The van der Waals surface area contributed by atoms with E-state index in [0.29, 0.717) is 12.0 Å². The van der Waals surface area contributed by atoms with Crippen LogP contribution in [0.25, 0.3) is 0 Å². The molecule has 0 fully saturated rings. The monoisotopic (exact) mass is 534 g/mol. The highest BCUT2D eigenvalue weighted by atomic mass is 16.6. The van der Waals surface area contributed by atoms with Gasteiger partial charge in [0.05, 0.1) is 13.5 Å². The maximum atomic E-state index is 13.9. The first-order chi connectivity index (χ1) is 17.7. The lowest BCUT2D eigenvalue weighted by molar-refractivity contribution is -0.145. The Morgan fingerprint density at radius 2 is 1.74 bits per heavy atom. The van der Waals surface area contributed by atoms with Crippen LogP contribution in [0.4, 0.5) is 4.79 Å². The number of unbranched alkanes of at least 4 members (excludes halogenated alkanes) is 2. The summed E-state index contributed by atoms with van der Waals surface area (Å²) in [4.78, 5) is 64.9. The summed E-state index contributed by atoms with van der Waals surface area (Å²) in [7, 11) is 1.20. The number of benzene rings is 1. The second kappa shape index (κ2) is 14.9. The average molecular weight is 535 g/mol. The van der Waals surface area contributed by atoms with Gasteiger partial charge in [-0.3, -0.25) is 19.2 Å². The molecule has 1 rings (SSSR count). The Balaban J connectivity index is 3.56. The van der Waals surface area contributed by atoms with Crippen LogP contribution in [0, 0.1) is 13.8 Å². The van der Waals surface area contributed by atoms with Crippen molar-refractivity contribution in [2.75, 3.05) is 20.2 Å². The fourth-order valence-corrected chi connectivity index (χ4v) is 3.86. The van der Waals surface area contributed by atoms with Gasteiger partial charge in [-0.05, 0) is 52.2 Å². The van der Waals surface area contributed by atoms with Crippen LogP contribution < -0.4 is 16.4 Å². The minimum atomic E-state index is -1.37. The van der Waals surface area contributed by atoms with Gasteiger partial charge < -0.3 is 30.7 Å². The molecule has 0 spiro atoms. The number of esters is 1. The molecule has 11 nitrogen and oxygen atoms in total. The van der Waals surface area contributed by atoms with Crippen molar-refractivity contribution in [1.29, 1.82) is 0 Å². The molecule has 38 heavy (non-hydrogen) atoms. The Bertz CT molecular complexity index is 1000. The molecule has 0 heterocycles. The number of carbonyl (C=O) groups is 5. The van der Waals surface area contributed by atoms with E-state index in [9.17, 15) is 24.0 Å². The first-order valence-corrected chi connectivity index (χ1v) is 12.7. The van der Waals surface area contributed by atoms with Crippen LogP contribution >= 0.6 is 0 Å². The number of nitrogens with one attached hydrogen (secondary N) is 2. The molecule has 0 bridgehead atoms. The van der Waals surface area contributed by atoms with Crippen LogP contribution in [-0.2, 0) is 28.7 Å². The predicted octanol–water partition coefficient (Wildman–Crippen LogP) is 2.42. The second-order valence-electron chi connectivity index (χ2n) is 10.2. The van der Waals surface area contributed by atoms with Crippen LogP contribution in [0.2, 0.25) is 0 Å². The van der Waals surface area contributed by atoms with Crippen molar-refractivity contribution in [3.63, 3.8) is 0 Å². The number of nitrogens with zero attached hydrogens (tertiary/aromatic N) is 1. The summed E-state index contributed by atoms with van der Waals surface area (Å²) in [6.45, 7) is 10.5. The zero-order valence-corrected chi connectivity index (χ0v) is 23.5. The summed E-state index contributed by atoms with van der Waals surface area (Å²) in [6.07, 6.45) is 0.789. The van der Waals surface area contributed by atoms with Crippen molar-refractivity contribution < 1.29 is 33.4 Å². The number of rotatable bonds is 13. The third-order valence-electron chi connectivity index (χ3n) is 5.59. The number of primary amides is 1. The van der Waals surface area contributed by atoms with E-state index in [2.05, 4.69) is 15.4 Å². The third kappa shape index (κ3) is 10.8. The van der Waals surface area contributed by atoms with E-state index in [4.69, 9.17) is 10.5 Å². The van der Waals surface area contributed by atoms with Crippen molar-refractivity contribution in [3.8, 4) is 0 Å². The minimum Gasteiger partial charge on any atom is -0.468 e. The summed E-state index contributed by atoms with van der Waals surface area (Å²) >= 11 is 0. The number of hydrogen-bond acceptors (Lipinski definition) is 7. The summed E-state index contributed by atoms with van der Waals surface area (Å²) < 4.78 is 9.91. The molecule has 212 valence electrons. The highest BCUT2D eigenvalue weighted by Crippen LogP contribution is 2.27. The first kappa shape index (κ1) is 32.4. The van der Waals surface area contributed by atoms with Crippen LogP contribution in [0.15, 0.2) is 18.2 Å². The Hall–Kier alpha value is -3.63. The van der Waals surface area contributed by atoms with Gasteiger partial charge in [0, 0.05) is 6.54 Å². The van der Waals surface area contributed by atoms with Crippen molar-refractivity contribution >= 4 is 29.8 Å².